The van der Waals surface area contributed by atoms with Crippen molar-refractivity contribution in [2.24, 2.45) is 5.92 Å². The first-order chi connectivity index (χ1) is 11.3. The van der Waals surface area contributed by atoms with Crippen LogP contribution in [-0.2, 0) is 14.6 Å². The Morgan fingerprint density at radius 3 is 2.54 bits per heavy atom. The topological polar surface area (TPSA) is 89.0 Å². The fourth-order valence-corrected chi connectivity index (χ4v) is 5.10. The van der Waals surface area contributed by atoms with Crippen LogP contribution >= 0.6 is 11.3 Å². The highest BCUT2D eigenvalue weighted by Crippen LogP contribution is 2.28. The van der Waals surface area contributed by atoms with Crippen molar-refractivity contribution in [1.29, 1.82) is 0 Å². The summed E-state index contributed by atoms with van der Waals surface area (Å²) in [5.74, 6) is -0.330. The van der Waals surface area contributed by atoms with Gasteiger partial charge in [0.15, 0.2) is 9.84 Å². The highest BCUT2D eigenvalue weighted by atomic mass is 32.2. The van der Waals surface area contributed by atoms with E-state index in [0.29, 0.717) is 17.5 Å². The van der Waals surface area contributed by atoms with Crippen molar-refractivity contribution in [2.45, 2.75) is 26.2 Å². The summed E-state index contributed by atoms with van der Waals surface area (Å²) in [6, 6.07) is 8.10. The maximum Gasteiger partial charge on any atom is 0.230 e. The molecule has 1 aromatic heterocycles. The lowest BCUT2D eigenvalue weighted by molar-refractivity contribution is -0.119. The highest BCUT2D eigenvalue weighted by molar-refractivity contribution is 7.91. The molecule has 1 unspecified atom stereocenters. The summed E-state index contributed by atoms with van der Waals surface area (Å²) in [6.45, 7) is 4.27. The molecule has 2 aromatic rings. The van der Waals surface area contributed by atoms with Gasteiger partial charge >= 0.3 is 0 Å². The first-order valence-electron chi connectivity index (χ1n) is 7.79. The Morgan fingerprint density at radius 1 is 1.25 bits per heavy atom. The van der Waals surface area contributed by atoms with E-state index >= 15 is 0 Å². The monoisotopic (exact) mass is 365 g/mol. The van der Waals surface area contributed by atoms with E-state index in [9.17, 15) is 13.2 Å². The van der Waals surface area contributed by atoms with E-state index in [2.05, 4.69) is 41.5 Å². The van der Waals surface area contributed by atoms with Gasteiger partial charge in [0.05, 0.1) is 17.4 Å². The molecular weight excluding hydrogens is 346 g/mol. The van der Waals surface area contributed by atoms with Crippen LogP contribution in [0.25, 0.3) is 10.6 Å². The summed E-state index contributed by atoms with van der Waals surface area (Å²) in [6.07, 6.45) is 0.372. The largest absolute Gasteiger partial charge is 0.300 e. The normalized spacial score (nSPS) is 19.5. The quantitative estimate of drug-likeness (QED) is 0.900. The molecule has 1 atom stereocenters. The molecule has 3 rings (SSSR count). The molecule has 1 saturated heterocycles. The lowest BCUT2D eigenvalue weighted by Crippen LogP contribution is -2.23. The highest BCUT2D eigenvalue weighted by Gasteiger charge is 2.33. The van der Waals surface area contributed by atoms with Gasteiger partial charge < -0.3 is 5.32 Å². The fourth-order valence-electron chi connectivity index (χ4n) is 2.61. The van der Waals surface area contributed by atoms with Gasteiger partial charge in [-0.25, -0.2) is 8.42 Å². The van der Waals surface area contributed by atoms with Gasteiger partial charge in [0.25, 0.3) is 0 Å². The van der Waals surface area contributed by atoms with Gasteiger partial charge in [0.1, 0.15) is 5.01 Å². The molecule has 6 nitrogen and oxygen atoms in total. The van der Waals surface area contributed by atoms with E-state index < -0.39 is 15.8 Å². The number of nitrogens with zero attached hydrogens (tertiary/aromatic N) is 2. The van der Waals surface area contributed by atoms with Crippen molar-refractivity contribution in [3.05, 3.63) is 29.8 Å². The van der Waals surface area contributed by atoms with Crippen LogP contribution in [0.15, 0.2) is 24.3 Å². The van der Waals surface area contributed by atoms with Gasteiger partial charge in [-0.1, -0.05) is 49.4 Å². The van der Waals surface area contributed by atoms with E-state index in [1.54, 1.807) is 0 Å². The minimum atomic E-state index is -3.08. The lowest BCUT2D eigenvalue weighted by Gasteiger charge is -2.06. The van der Waals surface area contributed by atoms with Crippen molar-refractivity contribution in [3.8, 4) is 10.6 Å². The van der Waals surface area contributed by atoms with E-state index in [4.69, 9.17) is 0 Å². The SMILES string of the molecule is CC(C)c1ccc(-c2nnc(NC(=O)C3CCS(=O)(=O)C3)s2)cc1. The summed E-state index contributed by atoms with van der Waals surface area (Å²) in [5, 5.41) is 11.9. The summed E-state index contributed by atoms with van der Waals surface area (Å²) >= 11 is 1.28. The maximum absolute atomic E-state index is 12.1. The summed E-state index contributed by atoms with van der Waals surface area (Å²) in [5.41, 5.74) is 2.19. The van der Waals surface area contributed by atoms with E-state index in [0.717, 1.165) is 10.6 Å². The van der Waals surface area contributed by atoms with Gasteiger partial charge in [-0.3, -0.25) is 4.79 Å². The van der Waals surface area contributed by atoms with Crippen LogP contribution in [0, 0.1) is 5.92 Å². The molecule has 0 radical (unpaired) electrons. The third-order valence-corrected chi connectivity index (χ3v) is 6.74. The van der Waals surface area contributed by atoms with Crippen molar-refractivity contribution in [1.82, 2.24) is 10.2 Å². The van der Waals surface area contributed by atoms with Crippen LogP contribution in [0.2, 0.25) is 0 Å². The molecule has 24 heavy (non-hydrogen) atoms. The zero-order valence-corrected chi connectivity index (χ0v) is 15.2. The average Bonchev–Trinajstić information content (AvgIpc) is 3.14. The van der Waals surface area contributed by atoms with Crippen LogP contribution in [0.1, 0.15) is 31.7 Å². The van der Waals surface area contributed by atoms with Crippen LogP contribution in [0.4, 0.5) is 5.13 Å². The Kier molecular flexibility index (Phi) is 4.69. The standard InChI is InChI=1S/C16H19N3O3S2/c1-10(2)11-3-5-12(6-4-11)15-18-19-16(23-15)17-14(20)13-7-8-24(21,22)9-13/h3-6,10,13H,7-9H2,1-2H3,(H,17,19,20). The number of hydrogen-bond acceptors (Lipinski definition) is 6. The minimum absolute atomic E-state index is 0.0780. The molecule has 1 amide bonds. The number of anilines is 1. The third kappa shape index (κ3) is 3.81. The van der Waals surface area contributed by atoms with Gasteiger partial charge in [-0.2, -0.15) is 0 Å². The predicted molar refractivity (Wildman–Crippen MR) is 94.8 cm³/mol. The van der Waals surface area contributed by atoms with E-state index in [1.807, 2.05) is 12.1 Å². The number of benzene rings is 1. The number of nitrogens with one attached hydrogen (secondary N) is 1. The van der Waals surface area contributed by atoms with Crippen LogP contribution < -0.4 is 5.32 Å². The van der Waals surface area contributed by atoms with Crippen LogP contribution in [0.3, 0.4) is 0 Å². The molecule has 0 spiro atoms. The molecule has 8 heteroatoms. The molecule has 128 valence electrons. The Labute approximate surface area is 145 Å². The molecule has 0 bridgehead atoms. The van der Waals surface area contributed by atoms with Crippen molar-refractivity contribution < 1.29 is 13.2 Å². The summed E-state index contributed by atoms with van der Waals surface area (Å²) < 4.78 is 22.9. The maximum atomic E-state index is 12.1. The second-order valence-electron chi connectivity index (χ2n) is 6.28. The number of sulfone groups is 1. The number of aromatic nitrogens is 2. The summed E-state index contributed by atoms with van der Waals surface area (Å²) in [7, 11) is -3.08. The average molecular weight is 365 g/mol. The van der Waals surface area contributed by atoms with E-state index in [-0.39, 0.29) is 17.4 Å². The number of hydrogen-bond donors (Lipinski definition) is 1. The minimum Gasteiger partial charge on any atom is -0.300 e. The lowest BCUT2D eigenvalue weighted by atomic mass is 10.0. The van der Waals surface area contributed by atoms with Crippen molar-refractivity contribution in [2.75, 3.05) is 16.8 Å². The molecular formula is C16H19N3O3S2. The van der Waals surface area contributed by atoms with Gasteiger partial charge in [-0.15, -0.1) is 10.2 Å². The Morgan fingerprint density at radius 2 is 1.96 bits per heavy atom. The van der Waals surface area contributed by atoms with Crippen molar-refractivity contribution in [3.63, 3.8) is 0 Å². The van der Waals surface area contributed by atoms with Crippen molar-refractivity contribution >= 4 is 32.2 Å². The second-order valence-corrected chi connectivity index (χ2v) is 9.48. The Hall–Kier alpha value is -1.80. The number of carbonyl (C=O) groups is 1. The molecule has 1 aromatic carbocycles. The molecule has 2 heterocycles. The Bertz CT molecular complexity index is 842. The fraction of sp³-hybridized carbons (Fsp3) is 0.438. The number of carbonyl (C=O) groups excluding carboxylic acids is 1. The van der Waals surface area contributed by atoms with Gasteiger partial charge in [0, 0.05) is 5.56 Å². The molecule has 1 N–H and O–H groups in total. The first-order valence-corrected chi connectivity index (χ1v) is 10.4. The predicted octanol–water partition coefficient (Wildman–Crippen LogP) is 2.70. The zero-order chi connectivity index (χ0) is 17.3. The smallest absolute Gasteiger partial charge is 0.230 e. The molecule has 0 saturated carbocycles. The zero-order valence-electron chi connectivity index (χ0n) is 13.5. The summed E-state index contributed by atoms with van der Waals surface area (Å²) in [4.78, 5) is 12.1. The third-order valence-electron chi connectivity index (χ3n) is 4.08. The van der Waals surface area contributed by atoms with Crippen LogP contribution in [-0.4, -0.2) is 36.0 Å². The van der Waals surface area contributed by atoms with E-state index in [1.165, 1.54) is 16.9 Å². The number of amides is 1. The van der Waals surface area contributed by atoms with Gasteiger partial charge in [0.2, 0.25) is 11.0 Å². The van der Waals surface area contributed by atoms with Crippen LogP contribution in [0.5, 0.6) is 0 Å². The molecule has 1 aliphatic heterocycles. The molecule has 1 fully saturated rings. The molecule has 0 aliphatic carbocycles. The first kappa shape index (κ1) is 17.0. The molecule has 1 aliphatic rings. The second kappa shape index (κ2) is 6.60. The number of rotatable bonds is 4. The Balaban J connectivity index is 1.68. The van der Waals surface area contributed by atoms with Gasteiger partial charge in [-0.05, 0) is 17.9 Å².